The lowest BCUT2D eigenvalue weighted by molar-refractivity contribution is 0.450. The van der Waals surface area contributed by atoms with E-state index in [1.165, 1.54) is 23.5 Å². The van der Waals surface area contributed by atoms with Crippen molar-refractivity contribution >= 4 is 17.0 Å². The van der Waals surface area contributed by atoms with Crippen molar-refractivity contribution in [3.8, 4) is 22.8 Å². The van der Waals surface area contributed by atoms with Crippen molar-refractivity contribution in [3.63, 3.8) is 0 Å². The predicted octanol–water partition coefficient (Wildman–Crippen LogP) is 3.43. The van der Waals surface area contributed by atoms with Crippen LogP contribution in [-0.2, 0) is 0 Å². The molecule has 6 heteroatoms. The Morgan fingerprint density at radius 1 is 1.08 bits per heavy atom. The second-order valence-electron chi connectivity index (χ2n) is 5.19. The molecule has 0 radical (unpaired) electrons. The summed E-state index contributed by atoms with van der Waals surface area (Å²) in [4.78, 5) is 5.03. The summed E-state index contributed by atoms with van der Waals surface area (Å²) in [6.07, 6.45) is 0. The molecule has 5 nitrogen and oxygen atoms in total. The van der Waals surface area contributed by atoms with E-state index in [-0.39, 0.29) is 11.5 Å². The fourth-order valence-electron chi connectivity index (χ4n) is 2.38. The summed E-state index contributed by atoms with van der Waals surface area (Å²) in [6, 6.07) is 14.4. The first-order valence-corrected chi connectivity index (χ1v) is 8.25. The highest BCUT2D eigenvalue weighted by Gasteiger charge is 2.10. The molecule has 2 N–H and O–H groups in total. The van der Waals surface area contributed by atoms with E-state index < -0.39 is 0 Å². The summed E-state index contributed by atoms with van der Waals surface area (Å²) in [5.41, 5.74) is 3.15. The van der Waals surface area contributed by atoms with E-state index in [1.54, 1.807) is 17.8 Å². The lowest BCUT2D eigenvalue weighted by atomic mass is 10.1. The maximum absolute atomic E-state index is 10.0. The van der Waals surface area contributed by atoms with Gasteiger partial charge < -0.3 is 10.2 Å². The third-order valence-electron chi connectivity index (χ3n) is 3.57. The van der Waals surface area contributed by atoms with Crippen LogP contribution in [0.2, 0.25) is 0 Å². The highest BCUT2D eigenvalue weighted by molar-refractivity contribution is 7.07. The van der Waals surface area contributed by atoms with Crippen molar-refractivity contribution in [1.82, 2.24) is 4.68 Å². The molecule has 3 aromatic rings. The largest absolute Gasteiger partial charge is 0.508 e. The number of aromatic nitrogens is 1. The molecule has 2 aromatic carbocycles. The van der Waals surface area contributed by atoms with Crippen molar-refractivity contribution in [2.45, 2.75) is 6.92 Å². The van der Waals surface area contributed by atoms with Crippen molar-refractivity contribution in [1.29, 1.82) is 0 Å². The van der Waals surface area contributed by atoms with Crippen molar-refractivity contribution in [2.24, 2.45) is 10.1 Å². The number of hydrogen-bond donors (Lipinski definition) is 2. The summed E-state index contributed by atoms with van der Waals surface area (Å²) >= 11 is 1.50. The first-order chi connectivity index (χ1) is 11.6. The van der Waals surface area contributed by atoms with Gasteiger partial charge in [0.1, 0.15) is 11.5 Å². The molecule has 0 atom stereocenters. The molecule has 0 unspecified atom stereocenters. The van der Waals surface area contributed by atoms with Gasteiger partial charge in [-0.05, 0) is 19.1 Å². The molecule has 0 aliphatic carbocycles. The van der Waals surface area contributed by atoms with E-state index in [0.29, 0.717) is 11.3 Å². The topological polar surface area (TPSA) is 70.1 Å². The van der Waals surface area contributed by atoms with Gasteiger partial charge in [0.25, 0.3) is 0 Å². The molecular formula is C18H17N3O2S. The molecule has 0 saturated heterocycles. The highest BCUT2D eigenvalue weighted by atomic mass is 32.1. The maximum atomic E-state index is 10.0. The van der Waals surface area contributed by atoms with Crippen molar-refractivity contribution < 1.29 is 10.2 Å². The lowest BCUT2D eigenvalue weighted by Crippen LogP contribution is -2.13. The summed E-state index contributed by atoms with van der Waals surface area (Å²) < 4.78 is 1.77. The summed E-state index contributed by atoms with van der Waals surface area (Å²) in [7, 11) is 1.72. The lowest BCUT2D eigenvalue weighted by Gasteiger charge is -2.07. The molecule has 0 bridgehead atoms. The van der Waals surface area contributed by atoms with E-state index in [0.717, 1.165) is 16.1 Å². The second kappa shape index (κ2) is 6.72. The van der Waals surface area contributed by atoms with Crippen LogP contribution in [0.1, 0.15) is 12.5 Å². The van der Waals surface area contributed by atoms with E-state index >= 15 is 0 Å². The smallest absolute Gasteiger partial charge is 0.205 e. The fourth-order valence-corrected chi connectivity index (χ4v) is 3.18. The Kier molecular flexibility index (Phi) is 4.48. The van der Waals surface area contributed by atoms with E-state index in [9.17, 15) is 10.2 Å². The Morgan fingerprint density at radius 3 is 2.50 bits per heavy atom. The van der Waals surface area contributed by atoms with Crippen LogP contribution in [0.5, 0.6) is 11.5 Å². The van der Waals surface area contributed by atoms with Gasteiger partial charge in [0, 0.05) is 29.6 Å². The van der Waals surface area contributed by atoms with Crippen LogP contribution in [-0.4, -0.2) is 27.6 Å². The third kappa shape index (κ3) is 3.09. The van der Waals surface area contributed by atoms with Crippen LogP contribution in [0.3, 0.4) is 0 Å². The molecule has 0 aliphatic heterocycles. The minimum absolute atomic E-state index is 0.0108. The Balaban J connectivity index is 2.14. The zero-order valence-corrected chi connectivity index (χ0v) is 14.2. The molecule has 0 fully saturated rings. The molecule has 3 rings (SSSR count). The first kappa shape index (κ1) is 16.0. The minimum atomic E-state index is -0.0108. The zero-order chi connectivity index (χ0) is 17.1. The highest BCUT2D eigenvalue weighted by Crippen LogP contribution is 2.24. The molecule has 24 heavy (non-hydrogen) atoms. The Morgan fingerprint density at radius 2 is 1.83 bits per heavy atom. The van der Waals surface area contributed by atoms with Crippen LogP contribution < -0.4 is 4.80 Å². The zero-order valence-electron chi connectivity index (χ0n) is 13.3. The standard InChI is InChI=1S/C18H17N3O2S/c1-12(15-9-8-14(22)10-17(15)23)20-21-16(11-24-18(21)19-2)13-6-4-3-5-7-13/h3-11,22-23H,1-2H3. The maximum Gasteiger partial charge on any atom is 0.205 e. The van der Waals surface area contributed by atoms with Gasteiger partial charge in [-0.2, -0.15) is 5.10 Å². The molecule has 0 spiro atoms. The van der Waals surface area contributed by atoms with Crippen LogP contribution in [0, 0.1) is 0 Å². The second-order valence-corrected chi connectivity index (χ2v) is 6.03. The van der Waals surface area contributed by atoms with Gasteiger partial charge >= 0.3 is 0 Å². The van der Waals surface area contributed by atoms with Gasteiger partial charge in [-0.1, -0.05) is 30.3 Å². The molecule has 0 amide bonds. The van der Waals surface area contributed by atoms with Gasteiger partial charge in [0.05, 0.1) is 11.4 Å². The number of phenolic OH excluding ortho intramolecular Hbond substituents is 2. The number of benzene rings is 2. The van der Waals surface area contributed by atoms with Gasteiger partial charge in [0.15, 0.2) is 0 Å². The monoisotopic (exact) mass is 339 g/mol. The van der Waals surface area contributed by atoms with Crippen LogP contribution in [0.15, 0.2) is 64.0 Å². The summed E-state index contributed by atoms with van der Waals surface area (Å²) in [5, 5.41) is 26.1. The number of thiazole rings is 1. The number of aromatic hydroxyl groups is 2. The number of nitrogens with zero attached hydrogens (tertiary/aromatic N) is 3. The predicted molar refractivity (Wildman–Crippen MR) is 96.6 cm³/mol. The molecule has 1 aromatic heterocycles. The molecular weight excluding hydrogens is 322 g/mol. The molecule has 1 heterocycles. The summed E-state index contributed by atoms with van der Waals surface area (Å²) in [6.45, 7) is 1.81. The van der Waals surface area contributed by atoms with Crippen LogP contribution >= 0.6 is 11.3 Å². The van der Waals surface area contributed by atoms with Gasteiger partial charge in [-0.3, -0.25) is 4.99 Å². The van der Waals surface area contributed by atoms with Gasteiger partial charge in [-0.15, -0.1) is 11.3 Å². The number of rotatable bonds is 3. The average molecular weight is 339 g/mol. The van der Waals surface area contributed by atoms with E-state index in [1.807, 2.05) is 42.6 Å². The molecule has 0 saturated carbocycles. The van der Waals surface area contributed by atoms with Gasteiger partial charge in [0.2, 0.25) is 4.80 Å². The SMILES string of the molecule is CN=c1scc(-c2ccccc2)n1N=C(C)c1ccc(O)cc1O. The quantitative estimate of drug-likeness (QED) is 0.718. The number of phenols is 2. The Bertz CT molecular complexity index is 956. The van der Waals surface area contributed by atoms with Crippen molar-refractivity contribution in [3.05, 3.63) is 64.3 Å². The average Bonchev–Trinajstić information content (AvgIpc) is 2.98. The first-order valence-electron chi connectivity index (χ1n) is 7.37. The van der Waals surface area contributed by atoms with Crippen LogP contribution in [0.4, 0.5) is 0 Å². The molecule has 122 valence electrons. The fraction of sp³-hybridized carbons (Fsp3) is 0.111. The Labute approximate surface area is 143 Å². The van der Waals surface area contributed by atoms with E-state index in [4.69, 9.17) is 0 Å². The Hall–Kier alpha value is -2.86. The molecule has 0 aliphatic rings. The van der Waals surface area contributed by atoms with Gasteiger partial charge in [-0.25, -0.2) is 4.68 Å². The number of hydrogen-bond acceptors (Lipinski definition) is 5. The van der Waals surface area contributed by atoms with Crippen molar-refractivity contribution in [2.75, 3.05) is 7.05 Å². The van der Waals surface area contributed by atoms with E-state index in [2.05, 4.69) is 10.1 Å². The normalized spacial score (nSPS) is 12.6. The minimum Gasteiger partial charge on any atom is -0.508 e. The van der Waals surface area contributed by atoms with Crippen LogP contribution in [0.25, 0.3) is 11.3 Å². The summed E-state index contributed by atoms with van der Waals surface area (Å²) in [5.74, 6) is 0.00443. The third-order valence-corrected chi connectivity index (χ3v) is 4.47.